The van der Waals surface area contributed by atoms with Gasteiger partial charge in [0.2, 0.25) is 5.91 Å². The monoisotopic (exact) mass is 437 g/mol. The zero-order valence-corrected chi connectivity index (χ0v) is 19.5. The summed E-state index contributed by atoms with van der Waals surface area (Å²) in [4.78, 5) is 27.3. The minimum atomic E-state index is -0.485. The summed E-state index contributed by atoms with van der Waals surface area (Å²) < 4.78 is 7.90. The van der Waals surface area contributed by atoms with Gasteiger partial charge in [0.05, 0.1) is 0 Å². The maximum Gasteiger partial charge on any atom is 0.254 e. The van der Waals surface area contributed by atoms with Gasteiger partial charge in [-0.3, -0.25) is 9.59 Å². The Hall–Kier alpha value is -2.34. The average molecular weight is 438 g/mol. The zero-order chi connectivity index (χ0) is 22.4. The molecule has 172 valence electrons. The number of amides is 2. The van der Waals surface area contributed by atoms with Gasteiger partial charge in [-0.1, -0.05) is 0 Å². The Kier molecular flexibility index (Phi) is 5.74. The molecule has 0 radical (unpaired) electrons. The number of nitrogens with one attached hydrogen (secondary N) is 1. The molecule has 2 atom stereocenters. The molecule has 3 aliphatic rings. The van der Waals surface area contributed by atoms with Gasteiger partial charge in [-0.2, -0.15) is 0 Å². The molecule has 2 heterocycles. The number of ether oxygens (including phenoxy) is 1. The summed E-state index contributed by atoms with van der Waals surface area (Å²) in [6, 6.07) is 5.86. The fourth-order valence-corrected chi connectivity index (χ4v) is 5.63. The summed E-state index contributed by atoms with van der Waals surface area (Å²) in [7, 11) is 3.87. The van der Waals surface area contributed by atoms with Crippen LogP contribution in [0.1, 0.15) is 60.6 Å². The number of aromatic nitrogens is 1. The van der Waals surface area contributed by atoms with Crippen LogP contribution in [0, 0.1) is 11.8 Å². The smallest absolute Gasteiger partial charge is 0.254 e. The van der Waals surface area contributed by atoms with E-state index in [1.807, 2.05) is 6.07 Å². The van der Waals surface area contributed by atoms with Gasteiger partial charge in [0.1, 0.15) is 6.04 Å². The van der Waals surface area contributed by atoms with Crippen molar-refractivity contribution in [1.29, 1.82) is 0 Å². The third-order valence-corrected chi connectivity index (χ3v) is 8.04. The molecule has 2 fully saturated rings. The van der Waals surface area contributed by atoms with Crippen LogP contribution in [0.15, 0.2) is 18.2 Å². The van der Waals surface area contributed by atoms with Crippen molar-refractivity contribution in [2.45, 2.75) is 64.0 Å². The Balaban J connectivity index is 1.39. The highest BCUT2D eigenvalue weighted by Gasteiger charge is 2.32. The largest absolute Gasteiger partial charge is 0.381 e. The molecule has 0 bridgehead atoms. The van der Waals surface area contributed by atoms with Crippen molar-refractivity contribution in [2.75, 3.05) is 20.3 Å². The summed E-state index contributed by atoms with van der Waals surface area (Å²) in [6.07, 6.45) is 7.85. The van der Waals surface area contributed by atoms with Gasteiger partial charge in [-0.25, -0.2) is 0 Å². The summed E-state index contributed by atoms with van der Waals surface area (Å²) in [5.74, 6) is 1.28. The Morgan fingerprint density at radius 1 is 1.12 bits per heavy atom. The van der Waals surface area contributed by atoms with Crippen molar-refractivity contribution in [3.63, 3.8) is 0 Å². The Morgan fingerprint density at radius 3 is 2.59 bits per heavy atom. The van der Waals surface area contributed by atoms with Crippen LogP contribution in [-0.2, 0) is 29.4 Å². The van der Waals surface area contributed by atoms with Crippen LogP contribution >= 0.6 is 0 Å². The van der Waals surface area contributed by atoms with Gasteiger partial charge in [0, 0.05) is 55.5 Å². The first kappa shape index (κ1) is 21.5. The van der Waals surface area contributed by atoms with Gasteiger partial charge < -0.3 is 19.5 Å². The third kappa shape index (κ3) is 3.94. The second-order valence-electron chi connectivity index (χ2n) is 10.0. The maximum absolute atomic E-state index is 13.2. The topological polar surface area (TPSA) is 63.6 Å². The zero-order valence-electron chi connectivity index (χ0n) is 19.5. The predicted molar refractivity (Wildman–Crippen MR) is 125 cm³/mol. The lowest BCUT2D eigenvalue weighted by Gasteiger charge is -2.33. The number of fused-ring (bicyclic) bond motifs is 3. The number of carbonyl (C=O) groups is 2. The fourth-order valence-electron chi connectivity index (χ4n) is 5.63. The molecular weight excluding hydrogens is 402 g/mol. The molecule has 0 spiro atoms. The molecule has 1 saturated heterocycles. The van der Waals surface area contributed by atoms with Crippen LogP contribution in [0.3, 0.4) is 0 Å². The van der Waals surface area contributed by atoms with Crippen LogP contribution in [0.2, 0.25) is 0 Å². The van der Waals surface area contributed by atoms with E-state index in [1.54, 1.807) is 18.9 Å². The molecule has 6 nitrogen and oxygen atoms in total. The highest BCUT2D eigenvalue weighted by molar-refractivity contribution is 6.01. The van der Waals surface area contributed by atoms with Crippen molar-refractivity contribution < 1.29 is 14.3 Å². The van der Waals surface area contributed by atoms with Crippen molar-refractivity contribution in [3.8, 4) is 0 Å². The Morgan fingerprint density at radius 2 is 1.88 bits per heavy atom. The quantitative estimate of drug-likeness (QED) is 0.779. The van der Waals surface area contributed by atoms with Gasteiger partial charge in [-0.15, -0.1) is 0 Å². The van der Waals surface area contributed by atoms with E-state index in [4.69, 9.17) is 4.74 Å². The lowest BCUT2D eigenvalue weighted by Crippen LogP contribution is -2.46. The molecular formula is C26H35N3O3. The van der Waals surface area contributed by atoms with Gasteiger partial charge in [-0.05, 0) is 87.5 Å². The second kappa shape index (κ2) is 8.54. The number of likely N-dealkylation sites (N-methyl/N-ethyl adjacent to an activating group) is 1. The molecule has 32 heavy (non-hydrogen) atoms. The first-order valence-electron chi connectivity index (χ1n) is 12.2. The molecule has 1 aromatic heterocycles. The SMILES string of the molecule is C[C@@H](C(=O)NC1CC1)N(C)C(=O)c1ccc2c(c1)c1c(n2C)CCC(C2CCOCC2)C1. The average Bonchev–Trinajstić information content (AvgIpc) is 3.61. The highest BCUT2D eigenvalue weighted by atomic mass is 16.5. The van der Waals surface area contributed by atoms with E-state index >= 15 is 0 Å². The van der Waals surface area contributed by atoms with Crippen LogP contribution in [0.4, 0.5) is 0 Å². The maximum atomic E-state index is 13.2. The van der Waals surface area contributed by atoms with Crippen LogP contribution in [0.25, 0.3) is 10.9 Å². The number of hydrogen-bond donors (Lipinski definition) is 1. The standard InChI is InChI=1S/C26H35N3O3/c1-16(25(30)27-20-6-7-20)28(2)26(31)19-5-9-24-22(15-19)21-14-18(4-8-23(21)29(24)3)17-10-12-32-13-11-17/h5,9,15-18,20H,4,6-8,10-14H2,1-3H3,(H,27,30)/t16-,18?/m0/s1. The van der Waals surface area contributed by atoms with Crippen LogP contribution in [-0.4, -0.2) is 53.6 Å². The summed E-state index contributed by atoms with van der Waals surface area (Å²) >= 11 is 0. The van der Waals surface area contributed by atoms with E-state index in [2.05, 4.69) is 29.1 Å². The second-order valence-corrected chi connectivity index (χ2v) is 10.0. The molecule has 2 amide bonds. The van der Waals surface area contributed by atoms with E-state index < -0.39 is 6.04 Å². The summed E-state index contributed by atoms with van der Waals surface area (Å²) in [5.41, 5.74) is 4.69. The number of nitrogens with zero attached hydrogens (tertiary/aromatic N) is 2. The predicted octanol–water partition coefficient (Wildman–Crippen LogP) is 3.45. The number of hydrogen-bond acceptors (Lipinski definition) is 3. The fraction of sp³-hybridized carbons (Fsp3) is 0.615. The van der Waals surface area contributed by atoms with E-state index in [9.17, 15) is 9.59 Å². The molecule has 5 rings (SSSR count). The molecule has 1 aliphatic heterocycles. The molecule has 1 saturated carbocycles. The number of carbonyl (C=O) groups excluding carboxylic acids is 2. The number of rotatable bonds is 5. The lowest BCUT2D eigenvalue weighted by molar-refractivity contribution is -0.124. The first-order chi connectivity index (χ1) is 15.4. The van der Waals surface area contributed by atoms with E-state index in [0.29, 0.717) is 17.5 Å². The van der Waals surface area contributed by atoms with Gasteiger partial charge >= 0.3 is 0 Å². The first-order valence-corrected chi connectivity index (χ1v) is 12.2. The highest BCUT2D eigenvalue weighted by Crippen LogP contribution is 2.39. The van der Waals surface area contributed by atoms with E-state index in [1.165, 1.54) is 41.4 Å². The van der Waals surface area contributed by atoms with Crippen molar-refractivity contribution in [2.24, 2.45) is 18.9 Å². The molecule has 1 N–H and O–H groups in total. The molecule has 1 aromatic carbocycles. The van der Waals surface area contributed by atoms with Gasteiger partial charge in [0.25, 0.3) is 5.91 Å². The normalized spacial score (nSPS) is 22.4. The molecule has 1 unspecified atom stereocenters. The van der Waals surface area contributed by atoms with Gasteiger partial charge in [0.15, 0.2) is 0 Å². The third-order valence-electron chi connectivity index (χ3n) is 8.04. The summed E-state index contributed by atoms with van der Waals surface area (Å²) in [5, 5.41) is 4.21. The van der Waals surface area contributed by atoms with Crippen molar-refractivity contribution in [1.82, 2.24) is 14.8 Å². The minimum Gasteiger partial charge on any atom is -0.381 e. The molecule has 6 heteroatoms. The van der Waals surface area contributed by atoms with Crippen molar-refractivity contribution in [3.05, 3.63) is 35.0 Å². The van der Waals surface area contributed by atoms with E-state index in [-0.39, 0.29) is 11.8 Å². The lowest BCUT2D eigenvalue weighted by atomic mass is 9.75. The molecule has 2 aromatic rings. The van der Waals surface area contributed by atoms with Crippen molar-refractivity contribution >= 4 is 22.7 Å². The van der Waals surface area contributed by atoms with E-state index in [0.717, 1.165) is 44.8 Å². The Bertz CT molecular complexity index is 1030. The minimum absolute atomic E-state index is 0.0687. The van der Waals surface area contributed by atoms with Crippen LogP contribution < -0.4 is 5.32 Å². The summed E-state index contributed by atoms with van der Waals surface area (Å²) in [6.45, 7) is 3.58. The Labute approximate surface area is 190 Å². The molecule has 2 aliphatic carbocycles. The number of aryl methyl sites for hydroxylation is 1. The van der Waals surface area contributed by atoms with Crippen LogP contribution in [0.5, 0.6) is 0 Å². The number of benzene rings is 1.